The van der Waals surface area contributed by atoms with E-state index in [9.17, 15) is 19.5 Å². The van der Waals surface area contributed by atoms with Crippen molar-refractivity contribution in [1.82, 2.24) is 20.2 Å². The van der Waals surface area contributed by atoms with Gasteiger partial charge in [0.25, 0.3) is 5.56 Å². The third-order valence-corrected chi connectivity index (χ3v) is 12.0. The molecule has 1 aliphatic heterocycles. The van der Waals surface area contributed by atoms with Gasteiger partial charge in [0.15, 0.2) is 0 Å². The molecule has 3 aromatic carbocycles. The molecule has 2 atom stereocenters. The van der Waals surface area contributed by atoms with Gasteiger partial charge in [0, 0.05) is 6.54 Å². The number of fused-ring (bicyclic) bond motifs is 3. The van der Waals surface area contributed by atoms with E-state index < -0.39 is 12.1 Å². The van der Waals surface area contributed by atoms with E-state index in [0.717, 1.165) is 49.7 Å². The summed E-state index contributed by atoms with van der Waals surface area (Å²) in [5.74, 6) is 0.533. The zero-order valence-electron chi connectivity index (χ0n) is 29.2. The molecule has 0 radical (unpaired) electrons. The van der Waals surface area contributed by atoms with Crippen molar-refractivity contribution in [2.45, 2.75) is 96.6 Å². The summed E-state index contributed by atoms with van der Waals surface area (Å²) in [6.45, 7) is 4.28. The first-order valence-corrected chi connectivity index (χ1v) is 18.3. The second-order valence-corrected chi connectivity index (χ2v) is 15.4. The highest BCUT2D eigenvalue weighted by molar-refractivity contribution is 5.88. The van der Waals surface area contributed by atoms with Crippen molar-refractivity contribution in [2.24, 2.45) is 11.3 Å². The fourth-order valence-electron chi connectivity index (χ4n) is 9.53. The van der Waals surface area contributed by atoms with Crippen LogP contribution in [0.25, 0.3) is 33.2 Å². The number of benzene rings is 3. The molecule has 0 bridgehead atoms. The van der Waals surface area contributed by atoms with Crippen LogP contribution in [0.2, 0.25) is 0 Å². The van der Waals surface area contributed by atoms with Gasteiger partial charge in [-0.15, -0.1) is 0 Å². The van der Waals surface area contributed by atoms with E-state index in [1.165, 1.54) is 66.2 Å². The van der Waals surface area contributed by atoms with Crippen molar-refractivity contribution in [2.75, 3.05) is 13.7 Å². The monoisotopic (exact) mass is 674 g/mol. The van der Waals surface area contributed by atoms with Crippen LogP contribution in [0.1, 0.15) is 92.9 Å². The van der Waals surface area contributed by atoms with Crippen LogP contribution in [0.5, 0.6) is 5.75 Å². The number of methoxy groups -OCH3 is 1. The highest BCUT2D eigenvalue weighted by atomic mass is 16.5. The quantitative estimate of drug-likeness (QED) is 0.200. The van der Waals surface area contributed by atoms with Gasteiger partial charge in [-0.05, 0) is 132 Å². The number of aromatic nitrogens is 2. The molecule has 1 saturated carbocycles. The number of carbonyl (C=O) groups is 2. The molecule has 2 amide bonds. The number of rotatable bonds is 6. The van der Waals surface area contributed by atoms with Gasteiger partial charge in [-0.25, -0.2) is 9.78 Å². The molecule has 9 nitrogen and oxygen atoms in total. The molecule has 4 aromatic rings. The summed E-state index contributed by atoms with van der Waals surface area (Å²) in [5.41, 5.74) is 10.7. The molecule has 8 rings (SSSR count). The third-order valence-electron chi connectivity index (χ3n) is 12.0. The molecule has 1 aromatic heterocycles. The third kappa shape index (κ3) is 5.46. The van der Waals surface area contributed by atoms with Crippen LogP contribution in [0.4, 0.5) is 4.79 Å². The van der Waals surface area contributed by atoms with Gasteiger partial charge in [0.05, 0.1) is 24.1 Å². The van der Waals surface area contributed by atoms with Gasteiger partial charge < -0.3 is 25.0 Å². The lowest BCUT2D eigenvalue weighted by atomic mass is 9.82. The van der Waals surface area contributed by atoms with Crippen molar-refractivity contribution >= 4 is 22.9 Å². The number of carbonyl (C=O) groups excluding carboxylic acids is 2. The van der Waals surface area contributed by atoms with Crippen molar-refractivity contribution in [3.05, 3.63) is 80.9 Å². The number of phenolic OH excluding ortho intramolecular Hbond substituents is 1. The lowest BCUT2D eigenvalue weighted by molar-refractivity contribution is -0.135. The first kappa shape index (κ1) is 32.5. The fourth-order valence-corrected chi connectivity index (χ4v) is 9.53. The fraction of sp³-hybridized carbons (Fsp3) is 0.463. The minimum Gasteiger partial charge on any atom is -0.508 e. The Morgan fingerprint density at radius 3 is 2.40 bits per heavy atom. The maximum atomic E-state index is 13.8. The first-order chi connectivity index (χ1) is 24.2. The normalized spacial score (nSPS) is 19.7. The standard InChI is InChI=1S/C41H46N4O5/c1-23(2)36(43-40(49)50-3)39(48)45-19-7-10-34(45)37-42-33-15-11-24(20-30(33)38(47)44-37)25-12-13-28(27-14-16-35(46)29-9-6-8-26(27)29)32-22-41(21-31(25)32)17-4-5-18-41/h11-16,20,23,34,36,46H,4-10,17-19,21-22H2,1-3H3,(H,43,49)(H,42,44,47)/t34-,36+/m0/s1. The van der Waals surface area contributed by atoms with Crippen LogP contribution in [0.3, 0.4) is 0 Å². The molecule has 2 heterocycles. The van der Waals surface area contributed by atoms with Gasteiger partial charge in [-0.2, -0.15) is 0 Å². The van der Waals surface area contributed by atoms with E-state index in [0.29, 0.717) is 40.9 Å². The minimum atomic E-state index is -0.746. The molecule has 260 valence electrons. The molecular weight excluding hydrogens is 628 g/mol. The Balaban J connectivity index is 1.15. The van der Waals surface area contributed by atoms with Crippen molar-refractivity contribution < 1.29 is 19.4 Å². The number of hydrogen-bond acceptors (Lipinski definition) is 6. The zero-order chi connectivity index (χ0) is 34.7. The first-order valence-electron chi connectivity index (χ1n) is 18.3. The Labute approximate surface area is 292 Å². The van der Waals surface area contributed by atoms with Gasteiger partial charge in [-0.1, -0.05) is 51.0 Å². The maximum absolute atomic E-state index is 13.8. The maximum Gasteiger partial charge on any atom is 0.407 e. The topological polar surface area (TPSA) is 125 Å². The Kier molecular flexibility index (Phi) is 8.19. The van der Waals surface area contributed by atoms with Gasteiger partial charge in [0.2, 0.25) is 5.91 Å². The Morgan fingerprint density at radius 1 is 0.940 bits per heavy atom. The number of H-pyrrole nitrogens is 1. The largest absolute Gasteiger partial charge is 0.508 e. The van der Waals surface area contributed by atoms with E-state index in [-0.39, 0.29) is 23.4 Å². The van der Waals surface area contributed by atoms with Crippen molar-refractivity contribution in [3.63, 3.8) is 0 Å². The van der Waals surface area contributed by atoms with Crippen LogP contribution in [0.15, 0.2) is 47.3 Å². The Hall–Kier alpha value is -4.66. The molecule has 4 aliphatic rings. The number of hydrogen-bond donors (Lipinski definition) is 3. The zero-order valence-corrected chi connectivity index (χ0v) is 29.2. The molecule has 1 spiro atoms. The molecule has 2 fully saturated rings. The lowest BCUT2D eigenvalue weighted by Gasteiger charge is -2.30. The summed E-state index contributed by atoms with van der Waals surface area (Å²) in [5, 5.41) is 13.8. The summed E-state index contributed by atoms with van der Waals surface area (Å²) in [7, 11) is 1.28. The summed E-state index contributed by atoms with van der Waals surface area (Å²) < 4.78 is 4.77. The van der Waals surface area contributed by atoms with Gasteiger partial charge >= 0.3 is 6.09 Å². The predicted molar refractivity (Wildman–Crippen MR) is 193 cm³/mol. The van der Waals surface area contributed by atoms with Crippen LogP contribution in [-0.2, 0) is 35.2 Å². The van der Waals surface area contributed by atoms with E-state index in [1.807, 2.05) is 32.0 Å². The molecule has 9 heteroatoms. The molecule has 1 saturated heterocycles. The number of aromatic hydroxyl groups is 1. The highest BCUT2D eigenvalue weighted by Crippen LogP contribution is 2.54. The minimum absolute atomic E-state index is 0.147. The number of alkyl carbamates (subject to hydrolysis) is 1. The summed E-state index contributed by atoms with van der Waals surface area (Å²) in [6.07, 6.45) is 11.0. The van der Waals surface area contributed by atoms with Gasteiger partial charge in [0.1, 0.15) is 17.6 Å². The second-order valence-electron chi connectivity index (χ2n) is 15.4. The van der Waals surface area contributed by atoms with Crippen LogP contribution < -0.4 is 10.9 Å². The van der Waals surface area contributed by atoms with E-state index >= 15 is 0 Å². The number of ether oxygens (including phenoxy) is 1. The predicted octanol–water partition coefficient (Wildman–Crippen LogP) is 7.15. The molecule has 3 aliphatic carbocycles. The number of likely N-dealkylation sites (tertiary alicyclic amines) is 1. The highest BCUT2D eigenvalue weighted by Gasteiger charge is 2.42. The average molecular weight is 675 g/mol. The van der Waals surface area contributed by atoms with Crippen molar-refractivity contribution in [1.29, 1.82) is 0 Å². The summed E-state index contributed by atoms with van der Waals surface area (Å²) in [6, 6.07) is 13.4. The molecular formula is C41H46N4O5. The molecule has 3 N–H and O–H groups in total. The number of aromatic amines is 1. The number of phenols is 1. The van der Waals surface area contributed by atoms with Crippen molar-refractivity contribution in [3.8, 4) is 28.0 Å². The summed E-state index contributed by atoms with van der Waals surface area (Å²) in [4.78, 5) is 49.1. The smallest absolute Gasteiger partial charge is 0.407 e. The number of nitrogens with zero attached hydrogens (tertiary/aromatic N) is 2. The van der Waals surface area contributed by atoms with Crippen LogP contribution in [-0.4, -0.2) is 51.7 Å². The average Bonchev–Trinajstić information content (AvgIpc) is 3.94. The van der Waals surface area contributed by atoms with E-state index in [2.05, 4.69) is 34.6 Å². The Morgan fingerprint density at radius 2 is 1.64 bits per heavy atom. The van der Waals surface area contributed by atoms with Crippen LogP contribution >= 0.6 is 0 Å². The Bertz CT molecular complexity index is 2080. The van der Waals surface area contributed by atoms with Gasteiger partial charge in [-0.3, -0.25) is 9.59 Å². The number of nitrogens with one attached hydrogen (secondary N) is 2. The van der Waals surface area contributed by atoms with E-state index in [4.69, 9.17) is 9.72 Å². The SMILES string of the molecule is COC(=O)N[C@@H](C(=O)N1CCC[C@H]1c1nc2ccc(-c3ccc(-c4ccc(O)c5c4CCC5)c4c3CC3(CCCC3)C4)cc2c(=O)[nH]1)C(C)C. The lowest BCUT2D eigenvalue weighted by Crippen LogP contribution is -2.51. The van der Waals surface area contributed by atoms with Crippen LogP contribution in [0, 0.1) is 11.3 Å². The van der Waals surface area contributed by atoms with E-state index in [1.54, 1.807) is 4.90 Å². The summed E-state index contributed by atoms with van der Waals surface area (Å²) >= 11 is 0. The molecule has 0 unspecified atom stereocenters. The molecule has 50 heavy (non-hydrogen) atoms. The number of amides is 2. The second kappa shape index (κ2) is 12.6.